The lowest BCUT2D eigenvalue weighted by molar-refractivity contribution is 0.0188. The van der Waals surface area contributed by atoms with Gasteiger partial charge in [0.25, 0.3) is 12.3 Å². The standard InChI is InChI=1S/C12H15ClF2N2O2/c1-2-9-5-8(6-10(13)17-9)12(18)16-3-4-19-7-11(14)15/h5-6,11H,2-4,7H2,1H3,(H,16,18). The SMILES string of the molecule is CCc1cc(C(=O)NCCOCC(F)F)cc(Cl)n1. The minimum absolute atomic E-state index is 0.0372. The van der Waals surface area contributed by atoms with E-state index in [0.29, 0.717) is 17.7 Å². The molecule has 106 valence electrons. The number of hydrogen-bond acceptors (Lipinski definition) is 3. The molecule has 0 fully saturated rings. The van der Waals surface area contributed by atoms with Crippen LogP contribution < -0.4 is 5.32 Å². The fraction of sp³-hybridized carbons (Fsp3) is 0.500. The fourth-order valence-electron chi connectivity index (χ4n) is 1.37. The number of ether oxygens (including phenoxy) is 1. The van der Waals surface area contributed by atoms with Crippen molar-refractivity contribution in [1.29, 1.82) is 0 Å². The highest BCUT2D eigenvalue weighted by molar-refractivity contribution is 6.29. The molecule has 1 aromatic rings. The topological polar surface area (TPSA) is 51.2 Å². The molecular formula is C12H15ClF2N2O2. The monoisotopic (exact) mass is 292 g/mol. The van der Waals surface area contributed by atoms with Crippen molar-refractivity contribution in [3.05, 3.63) is 28.5 Å². The molecule has 1 N–H and O–H groups in total. The Balaban J connectivity index is 2.43. The highest BCUT2D eigenvalue weighted by Crippen LogP contribution is 2.11. The van der Waals surface area contributed by atoms with E-state index < -0.39 is 13.0 Å². The predicted octanol–water partition coefficient (Wildman–Crippen LogP) is 2.31. The molecule has 0 aliphatic carbocycles. The third kappa shape index (κ3) is 5.94. The molecule has 0 spiro atoms. The summed E-state index contributed by atoms with van der Waals surface area (Å²) < 4.78 is 28.2. The van der Waals surface area contributed by atoms with E-state index >= 15 is 0 Å². The molecule has 0 aliphatic rings. The molecule has 0 unspecified atom stereocenters. The van der Waals surface area contributed by atoms with Gasteiger partial charge in [0.1, 0.15) is 11.8 Å². The van der Waals surface area contributed by atoms with Crippen LogP contribution in [0.3, 0.4) is 0 Å². The normalized spacial score (nSPS) is 10.8. The fourth-order valence-corrected chi connectivity index (χ4v) is 1.60. The van der Waals surface area contributed by atoms with Crippen LogP contribution in [0.1, 0.15) is 23.0 Å². The van der Waals surface area contributed by atoms with E-state index in [9.17, 15) is 13.6 Å². The third-order valence-electron chi connectivity index (χ3n) is 2.25. The first-order valence-corrected chi connectivity index (χ1v) is 6.21. The summed E-state index contributed by atoms with van der Waals surface area (Å²) in [5, 5.41) is 2.80. The van der Waals surface area contributed by atoms with Gasteiger partial charge in [-0.05, 0) is 18.6 Å². The van der Waals surface area contributed by atoms with Gasteiger partial charge in [0.05, 0.1) is 6.61 Å². The zero-order chi connectivity index (χ0) is 14.3. The largest absolute Gasteiger partial charge is 0.374 e. The molecule has 4 nitrogen and oxygen atoms in total. The summed E-state index contributed by atoms with van der Waals surface area (Å²) in [7, 11) is 0. The van der Waals surface area contributed by atoms with Crippen LogP contribution in [0.25, 0.3) is 0 Å². The van der Waals surface area contributed by atoms with Crippen molar-refractivity contribution in [2.24, 2.45) is 0 Å². The van der Waals surface area contributed by atoms with Crippen LogP contribution in [-0.4, -0.2) is 37.1 Å². The molecule has 7 heteroatoms. The lowest BCUT2D eigenvalue weighted by atomic mass is 10.2. The first kappa shape index (κ1) is 15.8. The summed E-state index contributed by atoms with van der Waals surface area (Å²) in [6, 6.07) is 3.09. The van der Waals surface area contributed by atoms with Crippen molar-refractivity contribution in [3.8, 4) is 0 Å². The van der Waals surface area contributed by atoms with Gasteiger partial charge < -0.3 is 10.1 Å². The van der Waals surface area contributed by atoms with Gasteiger partial charge in [-0.2, -0.15) is 0 Å². The maximum atomic E-state index is 11.8. The summed E-state index contributed by atoms with van der Waals surface area (Å²) in [5.41, 5.74) is 1.11. The number of halogens is 3. The maximum absolute atomic E-state index is 11.8. The number of hydrogen-bond donors (Lipinski definition) is 1. The van der Waals surface area contributed by atoms with Crippen LogP contribution in [0.4, 0.5) is 8.78 Å². The molecule has 1 amide bonds. The van der Waals surface area contributed by atoms with E-state index in [1.54, 1.807) is 6.07 Å². The molecule has 1 heterocycles. The zero-order valence-electron chi connectivity index (χ0n) is 10.5. The van der Waals surface area contributed by atoms with E-state index in [2.05, 4.69) is 15.0 Å². The van der Waals surface area contributed by atoms with Gasteiger partial charge in [0.2, 0.25) is 0 Å². The first-order valence-electron chi connectivity index (χ1n) is 5.83. The second kappa shape index (κ2) is 8.01. The molecule has 0 bridgehead atoms. The molecule has 0 aromatic carbocycles. The third-order valence-corrected chi connectivity index (χ3v) is 2.44. The van der Waals surface area contributed by atoms with Gasteiger partial charge in [-0.1, -0.05) is 18.5 Å². The van der Waals surface area contributed by atoms with Crippen LogP contribution in [0, 0.1) is 0 Å². The number of aromatic nitrogens is 1. The number of carbonyl (C=O) groups excluding carboxylic acids is 1. The van der Waals surface area contributed by atoms with Gasteiger partial charge >= 0.3 is 0 Å². The molecule has 0 aliphatic heterocycles. The molecular weight excluding hydrogens is 278 g/mol. The average molecular weight is 293 g/mol. The van der Waals surface area contributed by atoms with Crippen molar-refractivity contribution in [2.75, 3.05) is 19.8 Å². The van der Waals surface area contributed by atoms with Crippen molar-refractivity contribution in [3.63, 3.8) is 0 Å². The lowest BCUT2D eigenvalue weighted by Crippen LogP contribution is -2.28. The average Bonchev–Trinajstić information content (AvgIpc) is 2.36. The van der Waals surface area contributed by atoms with E-state index in [-0.39, 0.29) is 24.2 Å². The van der Waals surface area contributed by atoms with Gasteiger partial charge in [0, 0.05) is 17.8 Å². The van der Waals surface area contributed by atoms with Gasteiger partial charge in [-0.3, -0.25) is 4.79 Å². The lowest BCUT2D eigenvalue weighted by Gasteiger charge is -2.07. The molecule has 0 atom stereocenters. The Labute approximate surface area is 115 Å². The smallest absolute Gasteiger partial charge is 0.261 e. The van der Waals surface area contributed by atoms with Crippen molar-refractivity contribution >= 4 is 17.5 Å². The molecule has 0 saturated carbocycles. The van der Waals surface area contributed by atoms with E-state index in [1.807, 2.05) is 6.92 Å². The van der Waals surface area contributed by atoms with E-state index in [0.717, 1.165) is 0 Å². The number of nitrogens with one attached hydrogen (secondary N) is 1. The number of pyridine rings is 1. The minimum Gasteiger partial charge on any atom is -0.374 e. The first-order chi connectivity index (χ1) is 9.02. The predicted molar refractivity (Wildman–Crippen MR) is 67.8 cm³/mol. The summed E-state index contributed by atoms with van der Waals surface area (Å²) in [5.74, 6) is -0.334. The van der Waals surface area contributed by atoms with Gasteiger partial charge in [0.15, 0.2) is 0 Å². The van der Waals surface area contributed by atoms with E-state index in [1.165, 1.54) is 6.07 Å². The molecule has 0 saturated heterocycles. The van der Waals surface area contributed by atoms with Crippen molar-refractivity contribution < 1.29 is 18.3 Å². The molecule has 19 heavy (non-hydrogen) atoms. The van der Waals surface area contributed by atoms with Gasteiger partial charge in [-0.25, -0.2) is 13.8 Å². The number of carbonyl (C=O) groups is 1. The number of rotatable bonds is 7. The maximum Gasteiger partial charge on any atom is 0.261 e. The summed E-state index contributed by atoms with van der Waals surface area (Å²) in [6.07, 6.45) is -1.83. The highest BCUT2D eigenvalue weighted by atomic mass is 35.5. The van der Waals surface area contributed by atoms with Crippen LogP contribution in [0.2, 0.25) is 5.15 Å². The zero-order valence-corrected chi connectivity index (χ0v) is 11.2. The van der Waals surface area contributed by atoms with Crippen LogP contribution >= 0.6 is 11.6 Å². The van der Waals surface area contributed by atoms with Gasteiger partial charge in [-0.15, -0.1) is 0 Å². The second-order valence-electron chi connectivity index (χ2n) is 3.75. The van der Waals surface area contributed by atoms with Crippen molar-refractivity contribution in [1.82, 2.24) is 10.3 Å². The summed E-state index contributed by atoms with van der Waals surface area (Å²) in [6.45, 7) is 1.47. The Morgan fingerprint density at radius 2 is 2.26 bits per heavy atom. The number of nitrogens with zero attached hydrogens (tertiary/aromatic N) is 1. The Kier molecular flexibility index (Phi) is 6.66. The Hall–Kier alpha value is -1.27. The van der Waals surface area contributed by atoms with Crippen LogP contribution in [-0.2, 0) is 11.2 Å². The quantitative estimate of drug-likeness (QED) is 0.620. The van der Waals surface area contributed by atoms with Crippen LogP contribution in [0.15, 0.2) is 12.1 Å². The molecule has 1 rings (SSSR count). The number of alkyl halides is 2. The highest BCUT2D eigenvalue weighted by Gasteiger charge is 2.08. The number of amides is 1. The van der Waals surface area contributed by atoms with Crippen LogP contribution in [0.5, 0.6) is 0 Å². The second-order valence-corrected chi connectivity index (χ2v) is 4.13. The minimum atomic E-state index is -2.50. The summed E-state index contributed by atoms with van der Waals surface area (Å²) >= 11 is 5.79. The molecule has 1 aromatic heterocycles. The Morgan fingerprint density at radius 1 is 1.53 bits per heavy atom. The van der Waals surface area contributed by atoms with Crippen molar-refractivity contribution in [2.45, 2.75) is 19.8 Å². The molecule has 0 radical (unpaired) electrons. The summed E-state index contributed by atoms with van der Waals surface area (Å²) in [4.78, 5) is 15.8. The number of aryl methyl sites for hydroxylation is 1. The Morgan fingerprint density at radius 3 is 2.89 bits per heavy atom. The Bertz CT molecular complexity index is 430. The van der Waals surface area contributed by atoms with E-state index in [4.69, 9.17) is 11.6 Å².